The molecule has 1 rings (SSSR count). The second-order valence-corrected chi connectivity index (χ2v) is 4.28. The Morgan fingerprint density at radius 3 is 2.35 bits per heavy atom. The van der Waals surface area contributed by atoms with Gasteiger partial charge in [-0.2, -0.15) is 5.26 Å². The van der Waals surface area contributed by atoms with Crippen molar-refractivity contribution in [3.8, 4) is 6.07 Å². The van der Waals surface area contributed by atoms with Gasteiger partial charge in [-0.25, -0.2) is 0 Å². The van der Waals surface area contributed by atoms with Gasteiger partial charge in [0.15, 0.2) is 0 Å². The van der Waals surface area contributed by atoms with Crippen molar-refractivity contribution < 1.29 is 4.79 Å². The summed E-state index contributed by atoms with van der Waals surface area (Å²) >= 11 is 0. The number of nitriles is 1. The van der Waals surface area contributed by atoms with E-state index in [0.717, 1.165) is 13.0 Å². The Kier molecular flexibility index (Phi) is 4.71. The Hall–Kier alpha value is -1.82. The predicted molar refractivity (Wildman–Crippen MR) is 67.6 cm³/mol. The molecule has 0 heterocycles. The van der Waals surface area contributed by atoms with Gasteiger partial charge in [0.05, 0.1) is 11.6 Å². The average molecular weight is 230 g/mol. The van der Waals surface area contributed by atoms with Gasteiger partial charge in [0, 0.05) is 18.2 Å². The highest BCUT2D eigenvalue weighted by Crippen LogP contribution is 2.10. The van der Waals surface area contributed by atoms with Gasteiger partial charge in [0.25, 0.3) is 5.91 Å². The van der Waals surface area contributed by atoms with Crippen LogP contribution in [0.5, 0.6) is 0 Å². The van der Waals surface area contributed by atoms with E-state index in [4.69, 9.17) is 5.26 Å². The minimum Gasteiger partial charge on any atom is -0.336 e. The van der Waals surface area contributed by atoms with Crippen molar-refractivity contribution in [3.63, 3.8) is 0 Å². The molecule has 1 amide bonds. The number of amides is 1. The summed E-state index contributed by atoms with van der Waals surface area (Å²) in [5, 5.41) is 8.70. The molecule has 0 aliphatic rings. The van der Waals surface area contributed by atoms with Gasteiger partial charge < -0.3 is 4.90 Å². The first kappa shape index (κ1) is 13.2. The van der Waals surface area contributed by atoms with Crippen LogP contribution in [0.1, 0.15) is 43.1 Å². The van der Waals surface area contributed by atoms with E-state index < -0.39 is 0 Å². The molecule has 0 atom stereocenters. The molecular formula is C14H18N2O. The average Bonchev–Trinajstić information content (AvgIpc) is 2.35. The molecule has 0 aromatic heterocycles. The summed E-state index contributed by atoms with van der Waals surface area (Å²) in [7, 11) is 0. The topological polar surface area (TPSA) is 44.1 Å². The van der Waals surface area contributed by atoms with Crippen LogP contribution in [-0.2, 0) is 0 Å². The number of carbonyl (C=O) groups excluding carboxylic acids is 1. The maximum atomic E-state index is 12.2. The lowest BCUT2D eigenvalue weighted by Crippen LogP contribution is -2.37. The van der Waals surface area contributed by atoms with E-state index in [1.54, 1.807) is 24.3 Å². The molecule has 0 unspecified atom stereocenters. The largest absolute Gasteiger partial charge is 0.336 e. The van der Waals surface area contributed by atoms with E-state index in [0.29, 0.717) is 11.1 Å². The number of nitrogens with zero attached hydrogens (tertiary/aromatic N) is 2. The van der Waals surface area contributed by atoms with E-state index in [1.165, 1.54) is 0 Å². The highest BCUT2D eigenvalue weighted by Gasteiger charge is 2.17. The Morgan fingerprint density at radius 2 is 1.94 bits per heavy atom. The second kappa shape index (κ2) is 6.05. The van der Waals surface area contributed by atoms with E-state index >= 15 is 0 Å². The van der Waals surface area contributed by atoms with Crippen LogP contribution in [0.4, 0.5) is 0 Å². The normalized spacial score (nSPS) is 10.1. The van der Waals surface area contributed by atoms with Crippen molar-refractivity contribution in [2.45, 2.75) is 33.2 Å². The molecule has 90 valence electrons. The van der Waals surface area contributed by atoms with Crippen molar-refractivity contribution in [1.29, 1.82) is 5.26 Å². The number of hydrogen-bond acceptors (Lipinski definition) is 2. The Morgan fingerprint density at radius 1 is 1.35 bits per heavy atom. The van der Waals surface area contributed by atoms with E-state index in [9.17, 15) is 4.79 Å². The van der Waals surface area contributed by atoms with Gasteiger partial charge in [0.1, 0.15) is 0 Å². The maximum Gasteiger partial charge on any atom is 0.254 e. The fourth-order valence-electron chi connectivity index (χ4n) is 1.69. The molecule has 0 aliphatic carbocycles. The molecule has 0 saturated carbocycles. The van der Waals surface area contributed by atoms with Crippen molar-refractivity contribution >= 4 is 5.91 Å². The van der Waals surface area contributed by atoms with Crippen molar-refractivity contribution in [2.75, 3.05) is 6.54 Å². The SMILES string of the molecule is CCCN(C(=O)c1ccc(C#N)cc1)C(C)C. The third-order valence-corrected chi connectivity index (χ3v) is 2.61. The molecule has 0 aliphatic heterocycles. The van der Waals surface area contributed by atoms with Gasteiger partial charge in [-0.3, -0.25) is 4.79 Å². The van der Waals surface area contributed by atoms with Crippen molar-refractivity contribution in [3.05, 3.63) is 35.4 Å². The Balaban J connectivity index is 2.90. The summed E-state index contributed by atoms with van der Waals surface area (Å²) in [5.74, 6) is 0.0336. The zero-order chi connectivity index (χ0) is 12.8. The fourth-order valence-corrected chi connectivity index (χ4v) is 1.69. The molecule has 0 N–H and O–H groups in total. The number of benzene rings is 1. The second-order valence-electron chi connectivity index (χ2n) is 4.28. The number of rotatable bonds is 4. The first-order valence-corrected chi connectivity index (χ1v) is 5.91. The van der Waals surface area contributed by atoms with Gasteiger partial charge >= 0.3 is 0 Å². The molecular weight excluding hydrogens is 212 g/mol. The molecule has 3 nitrogen and oxygen atoms in total. The molecule has 0 saturated heterocycles. The van der Waals surface area contributed by atoms with Gasteiger partial charge in [0.2, 0.25) is 0 Å². The number of hydrogen-bond donors (Lipinski definition) is 0. The molecule has 1 aromatic carbocycles. The standard InChI is InChI=1S/C14H18N2O/c1-4-9-16(11(2)3)14(17)13-7-5-12(10-15)6-8-13/h5-8,11H,4,9H2,1-3H3. The lowest BCUT2D eigenvalue weighted by atomic mass is 10.1. The zero-order valence-corrected chi connectivity index (χ0v) is 10.6. The molecule has 0 spiro atoms. The van der Waals surface area contributed by atoms with Gasteiger partial charge in [-0.1, -0.05) is 6.92 Å². The highest BCUT2D eigenvalue weighted by atomic mass is 16.2. The van der Waals surface area contributed by atoms with E-state index in [2.05, 4.69) is 6.92 Å². The van der Waals surface area contributed by atoms with Crippen LogP contribution in [-0.4, -0.2) is 23.4 Å². The quantitative estimate of drug-likeness (QED) is 0.798. The van der Waals surface area contributed by atoms with Crippen LogP contribution in [0, 0.1) is 11.3 Å². The van der Waals surface area contributed by atoms with Crippen molar-refractivity contribution in [1.82, 2.24) is 4.90 Å². The summed E-state index contributed by atoms with van der Waals surface area (Å²) in [6.45, 7) is 6.84. The van der Waals surface area contributed by atoms with Crippen molar-refractivity contribution in [2.24, 2.45) is 0 Å². The Bertz CT molecular complexity index is 415. The lowest BCUT2D eigenvalue weighted by Gasteiger charge is -2.26. The maximum absolute atomic E-state index is 12.2. The molecule has 0 radical (unpaired) electrons. The first-order chi connectivity index (χ1) is 8.10. The Labute approximate surface area is 103 Å². The third-order valence-electron chi connectivity index (χ3n) is 2.61. The summed E-state index contributed by atoms with van der Waals surface area (Å²) in [6, 6.07) is 9.02. The molecule has 3 heteroatoms. The van der Waals surface area contributed by atoms with Crippen LogP contribution in [0.25, 0.3) is 0 Å². The summed E-state index contributed by atoms with van der Waals surface area (Å²) in [5.41, 5.74) is 1.22. The molecule has 1 aromatic rings. The van der Waals surface area contributed by atoms with E-state index in [-0.39, 0.29) is 11.9 Å². The molecule has 0 bridgehead atoms. The van der Waals surface area contributed by atoms with Crippen LogP contribution in [0.3, 0.4) is 0 Å². The van der Waals surface area contributed by atoms with Crippen LogP contribution >= 0.6 is 0 Å². The first-order valence-electron chi connectivity index (χ1n) is 5.91. The predicted octanol–water partition coefficient (Wildman–Crippen LogP) is 2.82. The lowest BCUT2D eigenvalue weighted by molar-refractivity contribution is 0.0706. The minimum absolute atomic E-state index is 0.0336. The van der Waals surface area contributed by atoms with Crippen LogP contribution < -0.4 is 0 Å². The molecule has 0 fully saturated rings. The monoisotopic (exact) mass is 230 g/mol. The third kappa shape index (κ3) is 3.32. The summed E-state index contributed by atoms with van der Waals surface area (Å²) in [4.78, 5) is 14.1. The summed E-state index contributed by atoms with van der Waals surface area (Å²) in [6.07, 6.45) is 0.945. The minimum atomic E-state index is 0.0336. The highest BCUT2D eigenvalue weighted by molar-refractivity contribution is 5.94. The zero-order valence-electron chi connectivity index (χ0n) is 10.6. The summed E-state index contributed by atoms with van der Waals surface area (Å²) < 4.78 is 0. The molecule has 17 heavy (non-hydrogen) atoms. The van der Waals surface area contributed by atoms with Crippen LogP contribution in [0.15, 0.2) is 24.3 Å². The van der Waals surface area contributed by atoms with Gasteiger partial charge in [-0.15, -0.1) is 0 Å². The van der Waals surface area contributed by atoms with E-state index in [1.807, 2.05) is 24.8 Å². The number of carbonyl (C=O) groups is 1. The smallest absolute Gasteiger partial charge is 0.254 e. The van der Waals surface area contributed by atoms with Gasteiger partial charge in [-0.05, 0) is 44.5 Å². The fraction of sp³-hybridized carbons (Fsp3) is 0.429. The van der Waals surface area contributed by atoms with Crippen LogP contribution in [0.2, 0.25) is 0 Å².